The van der Waals surface area contributed by atoms with Crippen LogP contribution in [0.2, 0.25) is 0 Å². The molecule has 1 aliphatic heterocycles. The molecule has 2 atom stereocenters. The molecule has 207 valence electrons. The van der Waals surface area contributed by atoms with Crippen molar-refractivity contribution >= 4 is 37.7 Å². The number of imide groups is 1. The number of carboxylic acids is 1. The van der Waals surface area contributed by atoms with Crippen molar-refractivity contribution in [3.05, 3.63) is 0 Å². The molecule has 38 heavy (non-hydrogen) atoms. The quantitative estimate of drug-likeness (QED) is 0.192. The monoisotopic (exact) mass is 525 g/mol. The molecule has 3 N–H and O–H groups in total. The Morgan fingerprint density at radius 1 is 0.816 bits per heavy atom. The molecule has 0 aromatic carbocycles. The molecule has 7 rings (SSSR count). The van der Waals surface area contributed by atoms with Crippen molar-refractivity contribution in [3.63, 3.8) is 0 Å². The van der Waals surface area contributed by atoms with Crippen LogP contribution >= 0.6 is 0 Å². The van der Waals surface area contributed by atoms with E-state index in [4.69, 9.17) is 5.11 Å². The van der Waals surface area contributed by atoms with Gasteiger partial charge in [-0.3, -0.25) is 19.7 Å². The Morgan fingerprint density at radius 3 is 1.61 bits per heavy atom. The average Bonchev–Trinajstić information content (AvgIpc) is 3.67. The van der Waals surface area contributed by atoms with Crippen molar-refractivity contribution in [1.82, 2.24) is 10.5 Å². The Labute approximate surface area is 226 Å². The predicted octanol–water partition coefficient (Wildman–Crippen LogP) is 2.98. The number of aliphatic carboxylic acids is 1. The fraction of sp³-hybridized carbons (Fsp3) is 0.828. The van der Waals surface area contributed by atoms with Crippen molar-refractivity contribution < 1.29 is 29.1 Å². The van der Waals surface area contributed by atoms with Gasteiger partial charge in [-0.15, -0.1) is 0 Å². The van der Waals surface area contributed by atoms with Crippen LogP contribution in [0.5, 0.6) is 0 Å². The zero-order valence-electron chi connectivity index (χ0n) is 22.3. The number of carboxylic acid groups (broad SMARTS) is 1. The zero-order chi connectivity index (χ0) is 26.8. The number of amides is 2. The van der Waals surface area contributed by atoms with Crippen LogP contribution in [0.25, 0.3) is 0 Å². The lowest BCUT2D eigenvalue weighted by molar-refractivity contribution is -0.141. The van der Waals surface area contributed by atoms with E-state index < -0.39 is 12.0 Å². The first-order valence-electron chi connectivity index (χ1n) is 15.0. The molecule has 2 unspecified atom stereocenters. The highest BCUT2D eigenvalue weighted by molar-refractivity contribution is 6.64. The van der Waals surface area contributed by atoms with Gasteiger partial charge < -0.3 is 19.9 Å². The van der Waals surface area contributed by atoms with Gasteiger partial charge in [0.25, 0.3) is 7.41 Å². The fourth-order valence-corrected chi connectivity index (χ4v) is 6.84. The summed E-state index contributed by atoms with van der Waals surface area (Å²) in [4.78, 5) is 54.5. The number of aldehydes is 1. The second-order valence-corrected chi connectivity index (χ2v) is 12.9. The van der Waals surface area contributed by atoms with Gasteiger partial charge in [0.2, 0.25) is 11.8 Å². The third kappa shape index (κ3) is 7.54. The minimum atomic E-state index is -0.836. The first kappa shape index (κ1) is 27.5. The maximum atomic E-state index is 11.6. The summed E-state index contributed by atoms with van der Waals surface area (Å²) in [5, 5.41) is 14.3. The highest BCUT2D eigenvalue weighted by Crippen LogP contribution is 2.54. The summed E-state index contributed by atoms with van der Waals surface area (Å²) in [6, 6.07) is -0.574. The smallest absolute Gasteiger partial charge is 0.319 e. The molecule has 6 saturated carbocycles. The molecular formula is C29H42BN2O6. The summed E-state index contributed by atoms with van der Waals surface area (Å²) < 4.78 is 0. The lowest BCUT2D eigenvalue weighted by atomic mass is 9.83. The number of hydrogen-bond acceptors (Lipinski definition) is 6. The van der Waals surface area contributed by atoms with Crippen LogP contribution in [0.15, 0.2) is 0 Å². The van der Waals surface area contributed by atoms with E-state index >= 15 is 0 Å². The molecule has 0 aromatic heterocycles. The Kier molecular flexibility index (Phi) is 8.70. The number of nitrogens with one attached hydrogen (secondary N) is 2. The molecule has 0 bridgehead atoms. The molecule has 1 saturated heterocycles. The van der Waals surface area contributed by atoms with E-state index in [1.54, 1.807) is 0 Å². The highest BCUT2D eigenvalue weighted by atomic mass is 16.4. The van der Waals surface area contributed by atoms with Gasteiger partial charge in [0.1, 0.15) is 6.29 Å². The van der Waals surface area contributed by atoms with Crippen LogP contribution in [-0.4, -0.2) is 48.8 Å². The standard InChI is InChI=1S/C11H15NO2.C10H15BNO3.C8H12O/c13-9-5-8(11(14)12-9)10(6-1-2-6)7-3-4-7;13-5-11-12-9(10(14)15)8(6-1-2-6)7-3-4-7;9-5-8(6-1-2-6)7-3-4-7/h6-8,10H,1-5H2,(H,12,13,14);5-9,12H,1-4H2,(H,14,15);5-8H,1-4H2. The van der Waals surface area contributed by atoms with Gasteiger partial charge in [0, 0.05) is 12.3 Å². The molecule has 1 radical (unpaired) electrons. The number of carbonyl (C=O) groups excluding carboxylic acids is 4. The van der Waals surface area contributed by atoms with Gasteiger partial charge >= 0.3 is 5.97 Å². The van der Waals surface area contributed by atoms with E-state index in [0.29, 0.717) is 36.3 Å². The van der Waals surface area contributed by atoms with E-state index in [0.717, 1.165) is 49.4 Å². The number of rotatable bonds is 13. The predicted molar refractivity (Wildman–Crippen MR) is 141 cm³/mol. The molecular weight excluding hydrogens is 483 g/mol. The van der Waals surface area contributed by atoms with Crippen LogP contribution in [-0.2, 0) is 24.0 Å². The number of carbonyl (C=O) groups is 5. The first-order valence-corrected chi connectivity index (χ1v) is 15.0. The average molecular weight is 525 g/mol. The molecule has 0 aromatic rings. The minimum Gasteiger partial charge on any atom is -0.480 e. The van der Waals surface area contributed by atoms with Crippen LogP contribution in [0.3, 0.4) is 0 Å². The molecule has 8 nitrogen and oxygen atoms in total. The van der Waals surface area contributed by atoms with Gasteiger partial charge in [-0.25, -0.2) is 0 Å². The highest BCUT2D eigenvalue weighted by Gasteiger charge is 2.50. The summed E-state index contributed by atoms with van der Waals surface area (Å²) in [6.45, 7) is 0. The molecule has 0 spiro atoms. The summed E-state index contributed by atoms with van der Waals surface area (Å²) >= 11 is 0. The van der Waals surface area contributed by atoms with Crippen LogP contribution in [0, 0.1) is 59.2 Å². The van der Waals surface area contributed by atoms with E-state index in [-0.39, 0.29) is 23.7 Å². The SMILES string of the molecule is O=C1CC(C(C2CC2)C2CC2)C(=O)N1.O=CC(C1CC1)C1CC1.O=C[B]NC(C(=O)O)C(C1CC1)C1CC1. The normalized spacial score (nSPS) is 27.2. The summed E-state index contributed by atoms with van der Waals surface area (Å²) in [5.41, 5.74) is 0. The summed E-state index contributed by atoms with van der Waals surface area (Å²) in [5.74, 6) is 4.56. The minimum absolute atomic E-state index is 0.00111. The van der Waals surface area contributed by atoms with E-state index in [1.165, 1.54) is 65.1 Å². The Hall–Kier alpha value is -2.03. The maximum Gasteiger partial charge on any atom is 0.319 e. The third-order valence-electron chi connectivity index (χ3n) is 9.62. The topological polar surface area (TPSA) is 130 Å². The van der Waals surface area contributed by atoms with Gasteiger partial charge in [0.15, 0.2) is 0 Å². The van der Waals surface area contributed by atoms with Gasteiger partial charge in [-0.1, -0.05) is 0 Å². The van der Waals surface area contributed by atoms with Crippen molar-refractivity contribution in [3.8, 4) is 0 Å². The van der Waals surface area contributed by atoms with Crippen LogP contribution in [0.4, 0.5) is 0 Å². The van der Waals surface area contributed by atoms with E-state index in [9.17, 15) is 24.0 Å². The maximum absolute atomic E-state index is 11.6. The van der Waals surface area contributed by atoms with Gasteiger partial charge in [0.05, 0.1) is 18.1 Å². The van der Waals surface area contributed by atoms with Crippen molar-refractivity contribution in [1.29, 1.82) is 0 Å². The van der Waals surface area contributed by atoms with Gasteiger partial charge in [-0.2, -0.15) is 0 Å². The van der Waals surface area contributed by atoms with Crippen molar-refractivity contribution in [2.24, 2.45) is 59.2 Å². The summed E-state index contributed by atoms with van der Waals surface area (Å²) in [6.07, 6.45) is 17.2. The zero-order valence-corrected chi connectivity index (χ0v) is 22.3. The molecule has 9 heteroatoms. The van der Waals surface area contributed by atoms with Crippen LogP contribution < -0.4 is 10.5 Å². The molecule has 2 amide bonds. The largest absolute Gasteiger partial charge is 0.480 e. The number of hydrogen-bond donors (Lipinski definition) is 3. The Morgan fingerprint density at radius 2 is 1.29 bits per heavy atom. The Balaban J connectivity index is 0.000000120. The van der Waals surface area contributed by atoms with Crippen molar-refractivity contribution in [2.45, 2.75) is 89.5 Å². The first-order chi connectivity index (χ1) is 18.4. The molecule has 7 fully saturated rings. The Bertz CT molecular complexity index is 869. The van der Waals surface area contributed by atoms with E-state index in [1.807, 2.05) is 0 Å². The second kappa shape index (κ2) is 12.0. The molecule has 1 heterocycles. The van der Waals surface area contributed by atoms with Crippen molar-refractivity contribution in [2.75, 3.05) is 0 Å². The molecule has 7 aliphatic rings. The molecule has 6 aliphatic carbocycles. The van der Waals surface area contributed by atoms with Crippen LogP contribution in [0.1, 0.15) is 83.5 Å². The lowest BCUT2D eigenvalue weighted by Crippen LogP contribution is -2.46. The van der Waals surface area contributed by atoms with Gasteiger partial charge in [-0.05, 0) is 124 Å². The second-order valence-electron chi connectivity index (χ2n) is 12.9. The summed E-state index contributed by atoms with van der Waals surface area (Å²) in [7, 11) is 1.20. The third-order valence-corrected chi connectivity index (χ3v) is 9.62. The van der Waals surface area contributed by atoms with E-state index in [2.05, 4.69) is 10.5 Å². The lowest BCUT2D eigenvalue weighted by Gasteiger charge is -2.24. The fourth-order valence-electron chi connectivity index (χ4n) is 6.84.